The molecular weight excluding hydrogens is 343 g/mol. The largest absolute Gasteiger partial charge is 0.478 e. The molecule has 0 aliphatic heterocycles. The van der Waals surface area contributed by atoms with Crippen LogP contribution in [-0.2, 0) is 0 Å². The number of carboxylic acid groups (broad SMARTS) is 1. The molecule has 18 heavy (non-hydrogen) atoms. The highest BCUT2D eigenvalue weighted by molar-refractivity contribution is 14.1. The highest BCUT2D eigenvalue weighted by atomic mass is 127. The Labute approximate surface area is 118 Å². The predicted octanol–water partition coefficient (Wildman–Crippen LogP) is 3.32. The first-order valence-corrected chi connectivity index (χ1v) is 6.29. The molecule has 0 spiro atoms. The van der Waals surface area contributed by atoms with Crippen LogP contribution in [0.2, 0.25) is 0 Å². The van der Waals surface area contributed by atoms with E-state index in [0.29, 0.717) is 11.4 Å². The molecule has 2 rings (SSSR count). The average Bonchev–Trinajstić information content (AvgIpc) is 2.32. The maximum Gasteiger partial charge on any atom is 0.337 e. The van der Waals surface area contributed by atoms with Crippen LogP contribution in [0, 0.1) is 3.57 Å². The van der Waals surface area contributed by atoms with E-state index in [9.17, 15) is 4.79 Å². The summed E-state index contributed by atoms with van der Waals surface area (Å²) in [5, 5.41) is 12.2. The van der Waals surface area contributed by atoms with Crippen LogP contribution in [0.1, 0.15) is 10.4 Å². The van der Waals surface area contributed by atoms with Gasteiger partial charge >= 0.3 is 5.97 Å². The predicted molar refractivity (Wildman–Crippen MR) is 80.3 cm³/mol. The Hall–Kier alpha value is -1.76. The number of halogens is 1. The quantitative estimate of drug-likeness (QED) is 0.584. The SMILES string of the molecule is Nc1ccc(C(=O)O)c(Nc2ccc(I)cc2)c1. The van der Waals surface area contributed by atoms with Gasteiger partial charge in [-0.1, -0.05) is 0 Å². The molecule has 0 fully saturated rings. The van der Waals surface area contributed by atoms with E-state index in [-0.39, 0.29) is 5.56 Å². The summed E-state index contributed by atoms with van der Waals surface area (Å²) >= 11 is 2.21. The third kappa shape index (κ3) is 2.92. The third-order valence-corrected chi connectivity index (χ3v) is 3.12. The van der Waals surface area contributed by atoms with Gasteiger partial charge in [0, 0.05) is 14.9 Å². The van der Waals surface area contributed by atoms with Crippen LogP contribution >= 0.6 is 22.6 Å². The number of rotatable bonds is 3. The summed E-state index contributed by atoms with van der Waals surface area (Å²) in [6, 6.07) is 12.3. The molecule has 5 heteroatoms. The number of nitrogens with two attached hydrogens (primary N) is 1. The summed E-state index contributed by atoms with van der Waals surface area (Å²) in [6.45, 7) is 0. The van der Waals surface area contributed by atoms with Gasteiger partial charge in [-0.05, 0) is 65.1 Å². The minimum Gasteiger partial charge on any atom is -0.478 e. The molecule has 0 atom stereocenters. The third-order valence-electron chi connectivity index (χ3n) is 2.40. The molecule has 0 saturated heterocycles. The van der Waals surface area contributed by atoms with E-state index in [1.165, 1.54) is 6.07 Å². The zero-order chi connectivity index (χ0) is 13.1. The molecule has 2 aromatic rings. The number of nitrogens with one attached hydrogen (secondary N) is 1. The van der Waals surface area contributed by atoms with Crippen LogP contribution in [0.5, 0.6) is 0 Å². The molecule has 0 aromatic heterocycles. The molecule has 4 nitrogen and oxygen atoms in total. The van der Waals surface area contributed by atoms with Gasteiger partial charge in [0.1, 0.15) is 0 Å². The second-order valence-electron chi connectivity index (χ2n) is 3.74. The van der Waals surface area contributed by atoms with Gasteiger partial charge in [0.25, 0.3) is 0 Å². The first-order chi connectivity index (χ1) is 8.56. The van der Waals surface area contributed by atoms with Gasteiger partial charge in [-0.25, -0.2) is 4.79 Å². The zero-order valence-electron chi connectivity index (χ0n) is 9.35. The van der Waals surface area contributed by atoms with E-state index in [1.807, 2.05) is 24.3 Å². The van der Waals surface area contributed by atoms with Crippen molar-refractivity contribution in [3.8, 4) is 0 Å². The van der Waals surface area contributed by atoms with Crippen molar-refractivity contribution in [2.24, 2.45) is 0 Å². The number of benzene rings is 2. The molecule has 0 aliphatic rings. The topological polar surface area (TPSA) is 75.4 Å². The van der Waals surface area contributed by atoms with Gasteiger partial charge in [0.05, 0.1) is 11.3 Å². The maximum atomic E-state index is 11.1. The molecule has 92 valence electrons. The molecule has 0 aliphatic carbocycles. The van der Waals surface area contributed by atoms with Crippen LogP contribution in [0.4, 0.5) is 17.1 Å². The number of hydrogen-bond acceptors (Lipinski definition) is 3. The smallest absolute Gasteiger partial charge is 0.337 e. The van der Waals surface area contributed by atoms with Crippen molar-refractivity contribution in [1.82, 2.24) is 0 Å². The molecule has 0 unspecified atom stereocenters. The summed E-state index contributed by atoms with van der Waals surface area (Å²) in [6.07, 6.45) is 0. The van der Waals surface area contributed by atoms with Gasteiger partial charge < -0.3 is 16.2 Å². The van der Waals surface area contributed by atoms with Gasteiger partial charge in [0.15, 0.2) is 0 Å². The lowest BCUT2D eigenvalue weighted by molar-refractivity contribution is 0.0698. The van der Waals surface area contributed by atoms with Gasteiger partial charge in [0.2, 0.25) is 0 Å². The van der Waals surface area contributed by atoms with Crippen LogP contribution in [0.15, 0.2) is 42.5 Å². The van der Waals surface area contributed by atoms with Crippen molar-refractivity contribution in [3.05, 3.63) is 51.6 Å². The monoisotopic (exact) mass is 354 g/mol. The van der Waals surface area contributed by atoms with Crippen molar-refractivity contribution in [2.75, 3.05) is 11.1 Å². The Kier molecular flexibility index (Phi) is 3.71. The fraction of sp³-hybridized carbons (Fsp3) is 0. The van der Waals surface area contributed by atoms with Crippen LogP contribution < -0.4 is 11.1 Å². The first-order valence-electron chi connectivity index (χ1n) is 5.21. The lowest BCUT2D eigenvalue weighted by atomic mass is 10.1. The standard InChI is InChI=1S/C13H11IN2O2/c14-8-1-4-10(5-2-8)16-12-7-9(15)3-6-11(12)13(17)18/h1-7,16H,15H2,(H,17,18). The second-order valence-corrected chi connectivity index (χ2v) is 4.99. The minimum absolute atomic E-state index is 0.197. The molecule has 0 radical (unpaired) electrons. The van der Waals surface area contributed by atoms with Gasteiger partial charge in [-0.15, -0.1) is 0 Å². The number of carbonyl (C=O) groups is 1. The van der Waals surface area contributed by atoms with Crippen LogP contribution in [0.25, 0.3) is 0 Å². The highest BCUT2D eigenvalue weighted by Gasteiger charge is 2.10. The number of hydrogen-bond donors (Lipinski definition) is 3. The van der Waals surface area contributed by atoms with Crippen LogP contribution in [0.3, 0.4) is 0 Å². The highest BCUT2D eigenvalue weighted by Crippen LogP contribution is 2.24. The van der Waals surface area contributed by atoms with E-state index < -0.39 is 5.97 Å². The summed E-state index contributed by atoms with van der Waals surface area (Å²) < 4.78 is 1.11. The molecule has 4 N–H and O–H groups in total. The Balaban J connectivity index is 2.35. The fourth-order valence-electron chi connectivity index (χ4n) is 1.54. The number of nitrogen functional groups attached to an aromatic ring is 1. The maximum absolute atomic E-state index is 11.1. The minimum atomic E-state index is -0.983. The Bertz CT molecular complexity index is 582. The number of carboxylic acids is 1. The van der Waals surface area contributed by atoms with Gasteiger partial charge in [-0.3, -0.25) is 0 Å². The van der Waals surface area contributed by atoms with E-state index in [4.69, 9.17) is 10.8 Å². The van der Waals surface area contributed by atoms with E-state index in [0.717, 1.165) is 9.26 Å². The van der Waals surface area contributed by atoms with Crippen molar-refractivity contribution in [1.29, 1.82) is 0 Å². The normalized spacial score (nSPS) is 10.1. The summed E-state index contributed by atoms with van der Waals surface area (Å²) in [4.78, 5) is 11.1. The van der Waals surface area contributed by atoms with Crippen molar-refractivity contribution in [3.63, 3.8) is 0 Å². The number of aromatic carboxylic acids is 1. The Morgan fingerprint density at radius 2 is 1.83 bits per heavy atom. The molecule has 0 amide bonds. The van der Waals surface area contributed by atoms with E-state index >= 15 is 0 Å². The summed E-state index contributed by atoms with van der Waals surface area (Å²) in [5.74, 6) is -0.983. The molecular formula is C13H11IN2O2. The molecule has 0 saturated carbocycles. The van der Waals surface area contributed by atoms with Crippen molar-refractivity contribution >= 4 is 45.6 Å². The van der Waals surface area contributed by atoms with Gasteiger partial charge in [-0.2, -0.15) is 0 Å². The lowest BCUT2D eigenvalue weighted by Crippen LogP contribution is -2.03. The first kappa shape index (κ1) is 12.7. The van der Waals surface area contributed by atoms with E-state index in [1.54, 1.807) is 12.1 Å². The lowest BCUT2D eigenvalue weighted by Gasteiger charge is -2.10. The fourth-order valence-corrected chi connectivity index (χ4v) is 1.90. The molecule has 2 aromatic carbocycles. The summed E-state index contributed by atoms with van der Waals surface area (Å²) in [5.41, 5.74) is 7.70. The zero-order valence-corrected chi connectivity index (χ0v) is 11.5. The van der Waals surface area contributed by atoms with Crippen LogP contribution in [-0.4, -0.2) is 11.1 Å². The summed E-state index contributed by atoms with van der Waals surface area (Å²) in [7, 11) is 0. The molecule has 0 heterocycles. The number of anilines is 3. The Morgan fingerprint density at radius 1 is 1.17 bits per heavy atom. The van der Waals surface area contributed by atoms with Crippen molar-refractivity contribution < 1.29 is 9.90 Å². The second kappa shape index (κ2) is 5.26. The Morgan fingerprint density at radius 3 is 2.44 bits per heavy atom. The average molecular weight is 354 g/mol. The van der Waals surface area contributed by atoms with E-state index in [2.05, 4.69) is 27.9 Å². The molecule has 0 bridgehead atoms. The van der Waals surface area contributed by atoms with Crippen molar-refractivity contribution in [2.45, 2.75) is 0 Å².